The van der Waals surface area contributed by atoms with Gasteiger partial charge >= 0.3 is 0 Å². The molecule has 2 bridgehead atoms. The van der Waals surface area contributed by atoms with E-state index >= 15 is 0 Å². The van der Waals surface area contributed by atoms with Crippen LogP contribution in [-0.4, -0.2) is 62.2 Å². The Kier molecular flexibility index (Phi) is 4.00. The fourth-order valence-electron chi connectivity index (χ4n) is 4.62. The molecule has 27 heavy (non-hydrogen) atoms. The van der Waals surface area contributed by atoms with Crippen molar-refractivity contribution in [3.05, 3.63) is 30.1 Å². The molecule has 4 heterocycles. The third-order valence-electron chi connectivity index (χ3n) is 6.00. The number of hydrogen-bond donors (Lipinski definition) is 0. The van der Waals surface area contributed by atoms with E-state index in [1.807, 2.05) is 55.6 Å². The highest BCUT2D eigenvalue weighted by atomic mass is 16.5. The summed E-state index contributed by atoms with van der Waals surface area (Å²) in [6.07, 6.45) is 7.38. The number of likely N-dealkylation sites (tertiary alicyclic amines) is 1. The van der Waals surface area contributed by atoms with E-state index in [4.69, 9.17) is 4.74 Å². The van der Waals surface area contributed by atoms with Gasteiger partial charge in [0.05, 0.1) is 30.7 Å². The number of hydrogen-bond acceptors (Lipinski definition) is 4. The molecule has 1 aromatic heterocycles. The minimum Gasteiger partial charge on any atom is -0.360 e. The van der Waals surface area contributed by atoms with Gasteiger partial charge in [0.15, 0.2) is 0 Å². The van der Waals surface area contributed by atoms with E-state index in [1.165, 1.54) is 0 Å². The summed E-state index contributed by atoms with van der Waals surface area (Å²) in [6.45, 7) is 9.87. The molecule has 0 saturated carbocycles. The molecule has 3 aliphatic rings. The van der Waals surface area contributed by atoms with Crippen LogP contribution in [0, 0.1) is 11.8 Å². The van der Waals surface area contributed by atoms with E-state index in [0.29, 0.717) is 13.1 Å². The predicted octanol–water partition coefficient (Wildman–Crippen LogP) is 1.44. The summed E-state index contributed by atoms with van der Waals surface area (Å²) in [6, 6.07) is 0. The molecule has 3 aliphatic heterocycles. The van der Waals surface area contributed by atoms with E-state index in [2.05, 4.69) is 5.10 Å². The lowest BCUT2D eigenvalue weighted by molar-refractivity contribution is -0.144. The minimum atomic E-state index is -0.650. The van der Waals surface area contributed by atoms with Crippen molar-refractivity contribution < 1.29 is 14.3 Å². The van der Waals surface area contributed by atoms with Gasteiger partial charge in [0.25, 0.3) is 0 Å². The molecule has 4 atom stereocenters. The van der Waals surface area contributed by atoms with Crippen LogP contribution in [0.15, 0.2) is 24.5 Å². The third kappa shape index (κ3) is 2.71. The van der Waals surface area contributed by atoms with Crippen molar-refractivity contribution in [3.8, 4) is 0 Å². The maximum atomic E-state index is 13.3. The highest BCUT2D eigenvalue weighted by Gasteiger charge is 2.68. The molecular formula is C20H28N4O3. The van der Waals surface area contributed by atoms with Crippen LogP contribution in [0.2, 0.25) is 0 Å². The summed E-state index contributed by atoms with van der Waals surface area (Å²) in [5, 5.41) is 4.27. The van der Waals surface area contributed by atoms with E-state index in [0.717, 1.165) is 12.1 Å². The molecule has 1 aromatic rings. The zero-order chi connectivity index (χ0) is 19.6. The third-order valence-corrected chi connectivity index (χ3v) is 6.00. The van der Waals surface area contributed by atoms with Crippen LogP contribution in [0.4, 0.5) is 0 Å². The first-order valence-corrected chi connectivity index (χ1v) is 9.61. The average Bonchev–Trinajstić information content (AvgIpc) is 3.34. The smallest absolute Gasteiger partial charge is 0.230 e. The van der Waals surface area contributed by atoms with Gasteiger partial charge in [0.2, 0.25) is 11.8 Å². The maximum absolute atomic E-state index is 13.3. The van der Waals surface area contributed by atoms with Crippen molar-refractivity contribution in [2.24, 2.45) is 11.8 Å². The van der Waals surface area contributed by atoms with Crippen molar-refractivity contribution in [3.63, 3.8) is 0 Å². The maximum Gasteiger partial charge on any atom is 0.230 e. The zero-order valence-electron chi connectivity index (χ0n) is 16.7. The Balaban J connectivity index is 1.56. The normalized spacial score (nSPS) is 31.7. The fraction of sp³-hybridized carbons (Fsp3) is 0.650. The SMILES string of the molecule is CCn1cc(CN(C)C(=O)[C@H]2[C@@H]3C=C[C@@]4(CN(C(C)(C)C)C(=O)[C@@H]24)O3)cn1. The van der Waals surface area contributed by atoms with Gasteiger partial charge in [0.1, 0.15) is 5.60 Å². The Morgan fingerprint density at radius 2 is 2.19 bits per heavy atom. The number of ether oxygens (including phenoxy) is 1. The largest absolute Gasteiger partial charge is 0.360 e. The van der Waals surface area contributed by atoms with Crippen LogP contribution < -0.4 is 0 Å². The van der Waals surface area contributed by atoms with E-state index in [-0.39, 0.29) is 23.5 Å². The van der Waals surface area contributed by atoms with Crippen LogP contribution >= 0.6 is 0 Å². The molecule has 0 unspecified atom stereocenters. The summed E-state index contributed by atoms with van der Waals surface area (Å²) in [5.41, 5.74) is 0.0410. The lowest BCUT2D eigenvalue weighted by Crippen LogP contribution is -2.47. The number of fused-ring (bicyclic) bond motifs is 1. The minimum absolute atomic E-state index is 0.0277. The van der Waals surface area contributed by atoms with Crippen molar-refractivity contribution in [1.82, 2.24) is 19.6 Å². The number of nitrogens with zero attached hydrogens (tertiary/aromatic N) is 4. The lowest BCUT2D eigenvalue weighted by Gasteiger charge is -2.34. The van der Waals surface area contributed by atoms with Crippen molar-refractivity contribution in [1.29, 1.82) is 0 Å². The summed E-state index contributed by atoms with van der Waals surface area (Å²) in [7, 11) is 1.79. The number of rotatable bonds is 4. The molecule has 7 nitrogen and oxygen atoms in total. The highest BCUT2D eigenvalue weighted by molar-refractivity contribution is 5.93. The number of carbonyl (C=O) groups excluding carboxylic acids is 2. The average molecular weight is 372 g/mol. The van der Waals surface area contributed by atoms with Crippen molar-refractivity contribution in [2.45, 2.75) is 58.0 Å². The van der Waals surface area contributed by atoms with E-state index in [1.54, 1.807) is 18.1 Å². The zero-order valence-corrected chi connectivity index (χ0v) is 16.7. The van der Waals surface area contributed by atoms with Gasteiger partial charge in [-0.15, -0.1) is 0 Å². The number of amides is 2. The lowest BCUT2D eigenvalue weighted by atomic mass is 9.76. The molecule has 0 aromatic carbocycles. The molecule has 0 N–H and O–H groups in total. The first kappa shape index (κ1) is 18.2. The van der Waals surface area contributed by atoms with Gasteiger partial charge in [-0.2, -0.15) is 5.10 Å². The van der Waals surface area contributed by atoms with Crippen LogP contribution in [0.1, 0.15) is 33.3 Å². The second kappa shape index (κ2) is 5.92. The predicted molar refractivity (Wildman–Crippen MR) is 99.6 cm³/mol. The molecule has 0 aliphatic carbocycles. The molecule has 2 fully saturated rings. The number of aryl methyl sites for hydroxylation is 1. The summed E-state index contributed by atoms with van der Waals surface area (Å²) < 4.78 is 8.04. The Morgan fingerprint density at radius 3 is 2.81 bits per heavy atom. The Hall–Kier alpha value is -2.15. The monoisotopic (exact) mass is 372 g/mol. The fourth-order valence-corrected chi connectivity index (χ4v) is 4.62. The summed E-state index contributed by atoms with van der Waals surface area (Å²) in [5.74, 6) is -0.898. The van der Waals surface area contributed by atoms with Crippen molar-refractivity contribution in [2.75, 3.05) is 13.6 Å². The van der Waals surface area contributed by atoms with Crippen LogP contribution in [0.3, 0.4) is 0 Å². The summed E-state index contributed by atoms with van der Waals surface area (Å²) in [4.78, 5) is 30.0. The standard InChI is InChI=1S/C20H28N4O3/c1-6-23-11-13(9-21-23)10-22(5)17(25)15-14-7-8-20(27-14)12-24(19(2,3)4)18(26)16(15)20/h7-9,11,14-16H,6,10,12H2,1-5H3/t14-,15-,16+,20-/m0/s1. The second-order valence-electron chi connectivity index (χ2n) is 8.89. The van der Waals surface area contributed by atoms with Gasteiger partial charge in [0, 0.05) is 37.4 Å². The number of aromatic nitrogens is 2. The van der Waals surface area contributed by atoms with Gasteiger partial charge in [-0.25, -0.2) is 0 Å². The highest BCUT2D eigenvalue weighted by Crippen LogP contribution is 2.53. The van der Waals surface area contributed by atoms with Gasteiger partial charge in [-0.3, -0.25) is 14.3 Å². The van der Waals surface area contributed by atoms with Crippen LogP contribution in [-0.2, 0) is 27.4 Å². The molecule has 2 saturated heterocycles. The Labute approximate surface area is 159 Å². The van der Waals surface area contributed by atoms with Crippen LogP contribution in [0.5, 0.6) is 0 Å². The van der Waals surface area contributed by atoms with E-state index in [9.17, 15) is 9.59 Å². The summed E-state index contributed by atoms with van der Waals surface area (Å²) >= 11 is 0. The van der Waals surface area contributed by atoms with Gasteiger partial charge < -0.3 is 14.5 Å². The molecule has 2 amide bonds. The van der Waals surface area contributed by atoms with Gasteiger partial charge in [-0.05, 0) is 27.7 Å². The van der Waals surface area contributed by atoms with Gasteiger partial charge in [-0.1, -0.05) is 12.2 Å². The topological polar surface area (TPSA) is 67.7 Å². The van der Waals surface area contributed by atoms with Crippen LogP contribution in [0.25, 0.3) is 0 Å². The van der Waals surface area contributed by atoms with E-state index < -0.39 is 17.4 Å². The molecular weight excluding hydrogens is 344 g/mol. The first-order valence-electron chi connectivity index (χ1n) is 9.61. The molecule has 7 heteroatoms. The quantitative estimate of drug-likeness (QED) is 0.750. The molecule has 4 rings (SSSR count). The molecule has 1 spiro atoms. The second-order valence-corrected chi connectivity index (χ2v) is 8.89. The number of carbonyl (C=O) groups is 2. The first-order chi connectivity index (χ1) is 12.7. The Morgan fingerprint density at radius 1 is 1.44 bits per heavy atom. The van der Waals surface area contributed by atoms with Crippen molar-refractivity contribution >= 4 is 11.8 Å². The molecule has 0 radical (unpaired) electrons. The molecule has 146 valence electrons. The Bertz CT molecular complexity index is 808.